The number of sulfone groups is 1. The smallest absolute Gasteiger partial charge is 0.224 e. The zero-order valence-electron chi connectivity index (χ0n) is 13.0. The minimum atomic E-state index is -3.24. The Kier molecular flexibility index (Phi) is 5.53. The summed E-state index contributed by atoms with van der Waals surface area (Å²) in [5.74, 6) is -0.689. The van der Waals surface area contributed by atoms with Crippen molar-refractivity contribution in [3.8, 4) is 0 Å². The summed E-state index contributed by atoms with van der Waals surface area (Å²) in [4.78, 5) is 12.1. The van der Waals surface area contributed by atoms with Crippen LogP contribution in [0.25, 0.3) is 0 Å². The van der Waals surface area contributed by atoms with Crippen LogP contribution in [-0.4, -0.2) is 31.9 Å². The summed E-state index contributed by atoms with van der Waals surface area (Å²) in [5, 5.41) is 2.68. The SMILES string of the molecule is CC(C(=O)NCC(C)(C)S(C)(=O)=O)C(N)c1ccccc1. The van der Waals surface area contributed by atoms with Gasteiger partial charge in [0.15, 0.2) is 9.84 Å². The quantitative estimate of drug-likeness (QED) is 0.827. The van der Waals surface area contributed by atoms with Gasteiger partial charge in [-0.1, -0.05) is 37.3 Å². The topological polar surface area (TPSA) is 89.3 Å². The number of hydrogen-bond acceptors (Lipinski definition) is 4. The lowest BCUT2D eigenvalue weighted by Gasteiger charge is -2.25. The summed E-state index contributed by atoms with van der Waals surface area (Å²) in [6, 6.07) is 8.94. The lowest BCUT2D eigenvalue weighted by atomic mass is 9.94. The zero-order chi connectivity index (χ0) is 16.3. The van der Waals surface area contributed by atoms with Crippen LogP contribution in [0.3, 0.4) is 0 Å². The van der Waals surface area contributed by atoms with Crippen molar-refractivity contribution in [1.29, 1.82) is 0 Å². The number of carbonyl (C=O) groups is 1. The first-order valence-corrected chi connectivity index (χ1v) is 8.73. The molecular formula is C15H24N2O3S. The van der Waals surface area contributed by atoms with Gasteiger partial charge in [-0.3, -0.25) is 4.79 Å². The van der Waals surface area contributed by atoms with Gasteiger partial charge in [-0.05, 0) is 19.4 Å². The van der Waals surface area contributed by atoms with Gasteiger partial charge in [0.1, 0.15) is 0 Å². The van der Waals surface area contributed by atoms with Crippen LogP contribution in [0.2, 0.25) is 0 Å². The van der Waals surface area contributed by atoms with Crippen LogP contribution in [0.1, 0.15) is 32.4 Å². The largest absolute Gasteiger partial charge is 0.354 e. The average Bonchev–Trinajstić information content (AvgIpc) is 2.43. The van der Waals surface area contributed by atoms with Gasteiger partial charge >= 0.3 is 0 Å². The second kappa shape index (κ2) is 6.58. The lowest BCUT2D eigenvalue weighted by Crippen LogP contribution is -2.46. The molecule has 5 nitrogen and oxygen atoms in total. The molecule has 3 N–H and O–H groups in total. The Morgan fingerprint density at radius 1 is 1.29 bits per heavy atom. The van der Waals surface area contributed by atoms with Crippen molar-refractivity contribution in [3.63, 3.8) is 0 Å². The van der Waals surface area contributed by atoms with E-state index in [4.69, 9.17) is 5.73 Å². The fourth-order valence-corrected chi connectivity index (χ4v) is 2.05. The van der Waals surface area contributed by atoms with Gasteiger partial charge in [-0.25, -0.2) is 8.42 Å². The van der Waals surface area contributed by atoms with Crippen molar-refractivity contribution in [2.75, 3.05) is 12.8 Å². The van der Waals surface area contributed by atoms with E-state index in [0.29, 0.717) is 0 Å². The summed E-state index contributed by atoms with van der Waals surface area (Å²) in [6.45, 7) is 4.98. The van der Waals surface area contributed by atoms with Crippen LogP contribution < -0.4 is 11.1 Å². The Morgan fingerprint density at radius 3 is 2.29 bits per heavy atom. The van der Waals surface area contributed by atoms with Crippen molar-refractivity contribution in [3.05, 3.63) is 35.9 Å². The predicted molar refractivity (Wildman–Crippen MR) is 84.5 cm³/mol. The van der Waals surface area contributed by atoms with Gasteiger partial charge in [-0.2, -0.15) is 0 Å². The van der Waals surface area contributed by atoms with Crippen LogP contribution in [0.4, 0.5) is 0 Å². The molecule has 0 spiro atoms. The molecule has 0 aliphatic carbocycles. The molecular weight excluding hydrogens is 288 g/mol. The summed E-state index contributed by atoms with van der Waals surface area (Å²) in [7, 11) is -3.24. The molecule has 0 radical (unpaired) electrons. The lowest BCUT2D eigenvalue weighted by molar-refractivity contribution is -0.125. The molecule has 2 atom stereocenters. The number of hydrogen-bond donors (Lipinski definition) is 2. The summed E-state index contributed by atoms with van der Waals surface area (Å²) in [5.41, 5.74) is 6.96. The first kappa shape index (κ1) is 17.7. The highest BCUT2D eigenvalue weighted by molar-refractivity contribution is 7.92. The highest BCUT2D eigenvalue weighted by Gasteiger charge is 2.31. The van der Waals surface area contributed by atoms with Crippen molar-refractivity contribution in [2.45, 2.75) is 31.6 Å². The van der Waals surface area contributed by atoms with Crippen molar-refractivity contribution >= 4 is 15.7 Å². The van der Waals surface area contributed by atoms with Gasteiger partial charge in [0.05, 0.1) is 10.7 Å². The normalized spacial score (nSPS) is 15.3. The van der Waals surface area contributed by atoms with E-state index in [1.165, 1.54) is 0 Å². The molecule has 1 aromatic rings. The standard InChI is InChI=1S/C15H24N2O3S/c1-11(13(16)12-8-6-5-7-9-12)14(18)17-10-15(2,3)21(4,19)20/h5-9,11,13H,10,16H2,1-4H3,(H,17,18). The molecule has 1 aromatic carbocycles. The second-order valence-corrected chi connectivity index (χ2v) is 8.62. The van der Waals surface area contributed by atoms with E-state index >= 15 is 0 Å². The summed E-state index contributed by atoms with van der Waals surface area (Å²) >= 11 is 0. The average molecular weight is 312 g/mol. The van der Waals surface area contributed by atoms with Crippen LogP contribution in [-0.2, 0) is 14.6 Å². The minimum absolute atomic E-state index is 0.0660. The number of nitrogens with one attached hydrogen (secondary N) is 1. The molecule has 0 aliphatic heterocycles. The number of rotatable bonds is 6. The van der Waals surface area contributed by atoms with E-state index in [9.17, 15) is 13.2 Å². The van der Waals surface area contributed by atoms with Gasteiger partial charge in [0.25, 0.3) is 0 Å². The van der Waals surface area contributed by atoms with Crippen LogP contribution in [0.15, 0.2) is 30.3 Å². The van der Waals surface area contributed by atoms with E-state index in [0.717, 1.165) is 11.8 Å². The molecule has 21 heavy (non-hydrogen) atoms. The molecule has 0 heterocycles. The Hall–Kier alpha value is -1.40. The maximum atomic E-state index is 12.1. The molecule has 0 saturated carbocycles. The molecule has 0 aliphatic rings. The van der Waals surface area contributed by atoms with Crippen molar-refractivity contribution in [1.82, 2.24) is 5.32 Å². The first-order chi connectivity index (χ1) is 9.56. The fourth-order valence-electron chi connectivity index (χ4n) is 1.72. The van der Waals surface area contributed by atoms with E-state index in [1.54, 1.807) is 20.8 Å². The molecule has 2 unspecified atom stereocenters. The summed E-state index contributed by atoms with van der Waals surface area (Å²) < 4.78 is 22.2. The Labute approximate surface area is 126 Å². The summed E-state index contributed by atoms with van der Waals surface area (Å²) in [6.07, 6.45) is 1.16. The predicted octanol–water partition coefficient (Wildman–Crippen LogP) is 1.26. The third kappa shape index (κ3) is 4.54. The van der Waals surface area contributed by atoms with Crippen LogP contribution >= 0.6 is 0 Å². The van der Waals surface area contributed by atoms with Gasteiger partial charge in [0.2, 0.25) is 5.91 Å². The highest BCUT2D eigenvalue weighted by Crippen LogP contribution is 2.20. The second-order valence-electron chi connectivity index (χ2n) is 5.97. The molecule has 0 fully saturated rings. The number of amides is 1. The van der Waals surface area contributed by atoms with Crippen LogP contribution in [0.5, 0.6) is 0 Å². The zero-order valence-corrected chi connectivity index (χ0v) is 13.8. The van der Waals surface area contributed by atoms with Crippen molar-refractivity contribution in [2.24, 2.45) is 11.7 Å². The molecule has 1 rings (SSSR count). The van der Waals surface area contributed by atoms with E-state index < -0.39 is 26.5 Å². The number of nitrogens with two attached hydrogens (primary N) is 1. The molecule has 0 bridgehead atoms. The van der Waals surface area contributed by atoms with E-state index in [-0.39, 0.29) is 12.5 Å². The Morgan fingerprint density at radius 2 is 1.81 bits per heavy atom. The third-order valence-electron chi connectivity index (χ3n) is 3.83. The molecule has 6 heteroatoms. The maximum absolute atomic E-state index is 12.1. The first-order valence-electron chi connectivity index (χ1n) is 6.84. The van der Waals surface area contributed by atoms with Crippen molar-refractivity contribution < 1.29 is 13.2 Å². The monoisotopic (exact) mass is 312 g/mol. The third-order valence-corrected chi connectivity index (χ3v) is 5.98. The highest BCUT2D eigenvalue weighted by atomic mass is 32.2. The van der Waals surface area contributed by atoms with Gasteiger partial charge < -0.3 is 11.1 Å². The van der Waals surface area contributed by atoms with E-state index in [1.807, 2.05) is 30.3 Å². The Balaban J connectivity index is 2.68. The molecule has 0 saturated heterocycles. The maximum Gasteiger partial charge on any atom is 0.224 e. The van der Waals surface area contributed by atoms with Crippen LogP contribution in [0, 0.1) is 5.92 Å². The van der Waals surface area contributed by atoms with Gasteiger partial charge in [0, 0.05) is 18.8 Å². The Bertz CT molecular complexity index is 582. The minimum Gasteiger partial charge on any atom is -0.354 e. The fraction of sp³-hybridized carbons (Fsp3) is 0.533. The van der Waals surface area contributed by atoms with E-state index in [2.05, 4.69) is 5.32 Å². The molecule has 0 aromatic heterocycles. The number of benzene rings is 1. The van der Waals surface area contributed by atoms with Gasteiger partial charge in [-0.15, -0.1) is 0 Å². The number of carbonyl (C=O) groups excluding carboxylic acids is 1. The molecule has 118 valence electrons. The molecule has 1 amide bonds.